The van der Waals surface area contributed by atoms with Gasteiger partial charge in [0, 0.05) is 17.9 Å². The molecule has 2 aliphatic rings. The fourth-order valence-electron chi connectivity index (χ4n) is 3.13. The molecular weight excluding hydrogens is 280 g/mol. The third-order valence-electron chi connectivity index (χ3n) is 4.72. The Bertz CT molecular complexity index is 524. The first-order valence-corrected chi connectivity index (χ1v) is 8.44. The molecule has 2 saturated carbocycles. The second-order valence-electron chi connectivity index (χ2n) is 7.12. The molecule has 3 atom stereocenters. The van der Waals surface area contributed by atoms with Crippen LogP contribution >= 0.6 is 0 Å². The van der Waals surface area contributed by atoms with Gasteiger partial charge < -0.3 is 15.6 Å². The number of nitrogens with zero attached hydrogens (tertiary/aromatic N) is 2. The second kappa shape index (κ2) is 6.36. The van der Waals surface area contributed by atoms with Gasteiger partial charge in [0.2, 0.25) is 11.8 Å². The summed E-state index contributed by atoms with van der Waals surface area (Å²) >= 11 is 0. The first kappa shape index (κ1) is 15.5. The van der Waals surface area contributed by atoms with E-state index < -0.39 is 0 Å². The fourth-order valence-corrected chi connectivity index (χ4v) is 3.13. The molecule has 122 valence electrons. The number of carbonyl (C=O) groups excluding carboxylic acids is 1. The summed E-state index contributed by atoms with van der Waals surface area (Å²) in [7, 11) is 0. The van der Waals surface area contributed by atoms with Crippen molar-refractivity contribution in [2.45, 2.75) is 70.4 Å². The van der Waals surface area contributed by atoms with Crippen LogP contribution < -0.4 is 11.1 Å². The van der Waals surface area contributed by atoms with Crippen molar-refractivity contribution in [3.63, 3.8) is 0 Å². The normalized spacial score (nSPS) is 26.9. The Kier molecular flexibility index (Phi) is 4.47. The lowest BCUT2D eigenvalue weighted by molar-refractivity contribution is -0.127. The van der Waals surface area contributed by atoms with Gasteiger partial charge in [-0.15, -0.1) is 0 Å². The lowest BCUT2D eigenvalue weighted by Gasteiger charge is -2.28. The first-order chi connectivity index (χ1) is 10.5. The minimum Gasteiger partial charge on any atom is -0.344 e. The molecule has 22 heavy (non-hydrogen) atoms. The Hall–Kier alpha value is -1.43. The van der Waals surface area contributed by atoms with Gasteiger partial charge >= 0.3 is 0 Å². The van der Waals surface area contributed by atoms with Crippen LogP contribution in [0.3, 0.4) is 0 Å². The Morgan fingerprint density at radius 2 is 2.09 bits per heavy atom. The Morgan fingerprint density at radius 1 is 1.32 bits per heavy atom. The number of amides is 1. The topological polar surface area (TPSA) is 94.0 Å². The third kappa shape index (κ3) is 3.48. The van der Waals surface area contributed by atoms with Gasteiger partial charge in [0.25, 0.3) is 0 Å². The first-order valence-electron chi connectivity index (χ1n) is 8.44. The van der Waals surface area contributed by atoms with E-state index in [1.54, 1.807) is 0 Å². The van der Waals surface area contributed by atoms with Crippen LogP contribution in [0, 0.1) is 11.8 Å². The second-order valence-corrected chi connectivity index (χ2v) is 7.12. The van der Waals surface area contributed by atoms with Crippen molar-refractivity contribution < 1.29 is 9.32 Å². The van der Waals surface area contributed by atoms with Crippen LogP contribution in [0.15, 0.2) is 4.52 Å². The maximum Gasteiger partial charge on any atom is 0.249 e. The van der Waals surface area contributed by atoms with E-state index in [-0.39, 0.29) is 29.8 Å². The number of nitrogens with two attached hydrogens (primary N) is 1. The molecular formula is C16H26N4O2. The summed E-state index contributed by atoms with van der Waals surface area (Å²) < 4.78 is 5.40. The number of aromatic nitrogens is 2. The molecule has 0 radical (unpaired) electrons. The number of hydrogen-bond donors (Lipinski definition) is 2. The van der Waals surface area contributed by atoms with Crippen LogP contribution in [0.25, 0.3) is 0 Å². The lowest BCUT2D eigenvalue weighted by atomic mass is 9.85. The largest absolute Gasteiger partial charge is 0.344 e. The molecule has 6 heteroatoms. The van der Waals surface area contributed by atoms with E-state index in [1.807, 2.05) is 0 Å². The maximum atomic E-state index is 12.5. The number of carbonyl (C=O) groups is 1. The van der Waals surface area contributed by atoms with Gasteiger partial charge in [0.15, 0.2) is 5.82 Å². The van der Waals surface area contributed by atoms with Gasteiger partial charge in [-0.1, -0.05) is 25.4 Å². The van der Waals surface area contributed by atoms with Crippen molar-refractivity contribution in [3.8, 4) is 0 Å². The SMILES string of the molecule is CC(C)C(NC(=O)C1CCCC(N)C1)c1nc(C2CC2)no1. The van der Waals surface area contributed by atoms with Crippen molar-refractivity contribution in [1.82, 2.24) is 15.5 Å². The predicted octanol–water partition coefficient (Wildman–Crippen LogP) is 2.28. The van der Waals surface area contributed by atoms with E-state index in [9.17, 15) is 4.79 Å². The zero-order valence-corrected chi connectivity index (χ0v) is 13.4. The lowest BCUT2D eigenvalue weighted by Crippen LogP contribution is -2.40. The van der Waals surface area contributed by atoms with Crippen LogP contribution in [0.1, 0.15) is 76.0 Å². The summed E-state index contributed by atoms with van der Waals surface area (Å²) in [5.74, 6) is 2.06. The molecule has 1 amide bonds. The molecule has 0 bridgehead atoms. The van der Waals surface area contributed by atoms with E-state index in [0.29, 0.717) is 11.8 Å². The van der Waals surface area contributed by atoms with Gasteiger partial charge in [-0.2, -0.15) is 4.98 Å². The fraction of sp³-hybridized carbons (Fsp3) is 0.812. The van der Waals surface area contributed by atoms with Gasteiger partial charge in [-0.3, -0.25) is 4.79 Å². The zero-order chi connectivity index (χ0) is 15.7. The van der Waals surface area contributed by atoms with E-state index in [1.165, 1.54) is 0 Å². The van der Waals surface area contributed by atoms with E-state index in [0.717, 1.165) is 44.3 Å². The van der Waals surface area contributed by atoms with Gasteiger partial charge in [0.1, 0.15) is 6.04 Å². The van der Waals surface area contributed by atoms with Crippen LogP contribution in [-0.4, -0.2) is 22.1 Å². The zero-order valence-electron chi connectivity index (χ0n) is 13.4. The summed E-state index contributed by atoms with van der Waals surface area (Å²) in [5.41, 5.74) is 5.99. The minimum atomic E-state index is -0.217. The smallest absolute Gasteiger partial charge is 0.249 e. The molecule has 3 rings (SSSR count). The molecule has 1 aromatic rings. The highest BCUT2D eigenvalue weighted by molar-refractivity contribution is 5.79. The quantitative estimate of drug-likeness (QED) is 0.870. The minimum absolute atomic E-state index is 0.0100. The van der Waals surface area contributed by atoms with E-state index in [2.05, 4.69) is 29.3 Å². The number of nitrogens with one attached hydrogen (secondary N) is 1. The van der Waals surface area contributed by atoms with Crippen LogP contribution in [0.5, 0.6) is 0 Å². The molecule has 2 aliphatic carbocycles. The van der Waals surface area contributed by atoms with Crippen molar-refractivity contribution in [2.24, 2.45) is 17.6 Å². The van der Waals surface area contributed by atoms with Crippen molar-refractivity contribution in [3.05, 3.63) is 11.7 Å². The molecule has 3 N–H and O–H groups in total. The highest BCUT2D eigenvalue weighted by Crippen LogP contribution is 2.38. The number of hydrogen-bond acceptors (Lipinski definition) is 5. The molecule has 0 aromatic carbocycles. The van der Waals surface area contributed by atoms with E-state index >= 15 is 0 Å². The average Bonchev–Trinajstić information content (AvgIpc) is 3.22. The monoisotopic (exact) mass is 306 g/mol. The summed E-state index contributed by atoms with van der Waals surface area (Å²) in [6, 6.07) is -0.0717. The molecule has 1 aromatic heterocycles. The summed E-state index contributed by atoms with van der Waals surface area (Å²) in [5, 5.41) is 7.16. The molecule has 0 spiro atoms. The highest BCUT2D eigenvalue weighted by Gasteiger charge is 2.33. The molecule has 1 heterocycles. The Morgan fingerprint density at radius 3 is 2.73 bits per heavy atom. The van der Waals surface area contributed by atoms with Crippen LogP contribution in [0.4, 0.5) is 0 Å². The average molecular weight is 306 g/mol. The van der Waals surface area contributed by atoms with Gasteiger partial charge in [-0.25, -0.2) is 0 Å². The molecule has 3 unspecified atom stereocenters. The molecule has 0 saturated heterocycles. The van der Waals surface area contributed by atoms with Crippen molar-refractivity contribution in [1.29, 1.82) is 0 Å². The van der Waals surface area contributed by atoms with Gasteiger partial charge in [-0.05, 0) is 38.0 Å². The third-order valence-corrected chi connectivity index (χ3v) is 4.72. The Balaban J connectivity index is 1.66. The molecule has 6 nitrogen and oxygen atoms in total. The summed E-state index contributed by atoms with van der Waals surface area (Å²) in [4.78, 5) is 17.0. The van der Waals surface area contributed by atoms with Crippen LogP contribution in [0.2, 0.25) is 0 Å². The van der Waals surface area contributed by atoms with E-state index in [4.69, 9.17) is 10.3 Å². The van der Waals surface area contributed by atoms with Crippen molar-refractivity contribution >= 4 is 5.91 Å². The molecule has 2 fully saturated rings. The Labute approximate surface area is 131 Å². The predicted molar refractivity (Wildman–Crippen MR) is 81.9 cm³/mol. The van der Waals surface area contributed by atoms with Crippen molar-refractivity contribution in [2.75, 3.05) is 0 Å². The summed E-state index contributed by atoms with van der Waals surface area (Å²) in [6.45, 7) is 4.11. The molecule has 0 aliphatic heterocycles. The standard InChI is InChI=1S/C16H26N4O2/c1-9(2)13(16-19-14(20-22-16)10-6-7-10)18-15(21)11-4-3-5-12(17)8-11/h9-13H,3-8,17H2,1-2H3,(H,18,21). The number of rotatable bonds is 5. The maximum absolute atomic E-state index is 12.5. The van der Waals surface area contributed by atoms with Gasteiger partial charge in [0.05, 0.1) is 0 Å². The van der Waals surface area contributed by atoms with Crippen LogP contribution in [-0.2, 0) is 4.79 Å². The highest BCUT2D eigenvalue weighted by atomic mass is 16.5. The summed E-state index contributed by atoms with van der Waals surface area (Å²) in [6.07, 6.45) is 6.01.